The number of benzene rings is 1. The second-order valence-corrected chi connectivity index (χ2v) is 6.07. The Kier molecular flexibility index (Phi) is 3.87. The van der Waals surface area contributed by atoms with Crippen LogP contribution < -0.4 is 5.73 Å². The van der Waals surface area contributed by atoms with E-state index in [0.717, 1.165) is 31.4 Å². The van der Waals surface area contributed by atoms with Crippen molar-refractivity contribution in [1.29, 1.82) is 0 Å². The lowest BCUT2D eigenvalue weighted by atomic mass is 9.67. The van der Waals surface area contributed by atoms with Crippen LogP contribution in [-0.4, -0.2) is 11.7 Å². The number of furan rings is 1. The second-order valence-electron chi connectivity index (χ2n) is 6.07. The van der Waals surface area contributed by atoms with Crippen molar-refractivity contribution in [1.82, 2.24) is 0 Å². The largest absolute Gasteiger partial charge is 0.463 e. The third kappa shape index (κ3) is 2.52. The monoisotopic (exact) mass is 285 g/mol. The van der Waals surface area contributed by atoms with Gasteiger partial charge in [-0.1, -0.05) is 31.2 Å². The Labute approximate surface area is 125 Å². The van der Waals surface area contributed by atoms with Gasteiger partial charge in [0.1, 0.15) is 17.6 Å². The Morgan fingerprint density at radius 1 is 1.24 bits per heavy atom. The van der Waals surface area contributed by atoms with E-state index in [0.29, 0.717) is 12.3 Å². The number of hydrogen-bond donors (Lipinski definition) is 2. The van der Waals surface area contributed by atoms with Gasteiger partial charge in [-0.05, 0) is 42.5 Å². The molecule has 0 bridgehead atoms. The lowest BCUT2D eigenvalue weighted by Crippen LogP contribution is -2.41. The van der Waals surface area contributed by atoms with Crippen LogP contribution in [0.25, 0.3) is 0 Å². The van der Waals surface area contributed by atoms with E-state index in [9.17, 15) is 5.11 Å². The number of aryl methyl sites for hydroxylation is 2. The van der Waals surface area contributed by atoms with Gasteiger partial charge in [0.2, 0.25) is 0 Å². The minimum absolute atomic E-state index is 0.322. The standard InChI is InChI=1S/C18H23NO2/c1-2-15-7-8-16(21-15)17(20)18(12-19)10-9-13-5-3-4-6-14(13)11-18/h3-8,17,20H,2,9-12,19H2,1H3. The van der Waals surface area contributed by atoms with Gasteiger partial charge in [0.15, 0.2) is 0 Å². The average molecular weight is 285 g/mol. The highest BCUT2D eigenvalue weighted by Gasteiger charge is 2.41. The molecular weight excluding hydrogens is 262 g/mol. The number of aliphatic hydroxyl groups excluding tert-OH is 1. The van der Waals surface area contributed by atoms with E-state index in [1.165, 1.54) is 11.1 Å². The predicted molar refractivity (Wildman–Crippen MR) is 83.0 cm³/mol. The van der Waals surface area contributed by atoms with Crippen LogP contribution in [0.2, 0.25) is 0 Å². The zero-order valence-electron chi connectivity index (χ0n) is 12.5. The highest BCUT2D eigenvalue weighted by atomic mass is 16.4. The first kappa shape index (κ1) is 14.4. The van der Waals surface area contributed by atoms with Crippen molar-refractivity contribution in [3.63, 3.8) is 0 Å². The third-order valence-electron chi connectivity index (χ3n) is 4.84. The molecule has 0 saturated heterocycles. The van der Waals surface area contributed by atoms with Crippen molar-refractivity contribution in [3.05, 3.63) is 59.0 Å². The first-order chi connectivity index (χ1) is 10.2. The van der Waals surface area contributed by atoms with Crippen molar-refractivity contribution in [3.8, 4) is 0 Å². The number of rotatable bonds is 4. The molecule has 1 heterocycles. The fourth-order valence-electron chi connectivity index (χ4n) is 3.38. The molecule has 3 heteroatoms. The highest BCUT2D eigenvalue weighted by Crippen LogP contribution is 2.44. The third-order valence-corrected chi connectivity index (χ3v) is 4.84. The molecule has 2 unspecified atom stereocenters. The van der Waals surface area contributed by atoms with Crippen LogP contribution in [0.15, 0.2) is 40.8 Å². The quantitative estimate of drug-likeness (QED) is 0.908. The molecule has 1 aliphatic rings. The lowest BCUT2D eigenvalue weighted by molar-refractivity contribution is 0.00173. The molecule has 3 rings (SSSR count). The van der Waals surface area contributed by atoms with E-state index in [4.69, 9.17) is 10.2 Å². The van der Waals surface area contributed by atoms with Gasteiger partial charge >= 0.3 is 0 Å². The summed E-state index contributed by atoms with van der Waals surface area (Å²) >= 11 is 0. The van der Waals surface area contributed by atoms with Crippen LogP contribution in [0.1, 0.15) is 42.1 Å². The van der Waals surface area contributed by atoms with Gasteiger partial charge in [0, 0.05) is 18.4 Å². The maximum atomic E-state index is 10.9. The first-order valence-electron chi connectivity index (χ1n) is 7.72. The van der Waals surface area contributed by atoms with Gasteiger partial charge in [-0.25, -0.2) is 0 Å². The van der Waals surface area contributed by atoms with Crippen LogP contribution in [0.3, 0.4) is 0 Å². The summed E-state index contributed by atoms with van der Waals surface area (Å²) in [5, 5.41) is 10.9. The number of aliphatic hydroxyl groups is 1. The zero-order chi connectivity index (χ0) is 14.9. The van der Waals surface area contributed by atoms with E-state index >= 15 is 0 Å². The van der Waals surface area contributed by atoms with Gasteiger partial charge in [0.25, 0.3) is 0 Å². The van der Waals surface area contributed by atoms with Gasteiger partial charge in [-0.15, -0.1) is 0 Å². The van der Waals surface area contributed by atoms with Crippen LogP contribution >= 0.6 is 0 Å². The minimum Gasteiger partial charge on any atom is -0.463 e. The molecule has 2 aromatic rings. The lowest BCUT2D eigenvalue weighted by Gasteiger charge is -2.40. The average Bonchev–Trinajstić information content (AvgIpc) is 3.02. The molecule has 112 valence electrons. The van der Waals surface area contributed by atoms with Crippen LogP contribution in [-0.2, 0) is 19.3 Å². The topological polar surface area (TPSA) is 59.4 Å². The van der Waals surface area contributed by atoms with Crippen LogP contribution in [0.4, 0.5) is 0 Å². The van der Waals surface area contributed by atoms with Gasteiger partial charge < -0.3 is 15.3 Å². The SMILES string of the molecule is CCc1ccc(C(O)C2(CN)CCc3ccccc3C2)o1. The molecule has 1 aromatic carbocycles. The fraction of sp³-hybridized carbons (Fsp3) is 0.444. The molecule has 0 fully saturated rings. The molecule has 2 atom stereocenters. The number of fused-ring (bicyclic) bond motifs is 1. The van der Waals surface area contributed by atoms with Crippen LogP contribution in [0, 0.1) is 5.41 Å². The van der Waals surface area contributed by atoms with Crippen LogP contribution in [0.5, 0.6) is 0 Å². The van der Waals surface area contributed by atoms with Crippen molar-refractivity contribution >= 4 is 0 Å². The molecule has 3 N–H and O–H groups in total. The molecule has 0 radical (unpaired) electrons. The minimum atomic E-state index is -0.642. The van der Waals surface area contributed by atoms with Gasteiger partial charge in [0.05, 0.1) is 0 Å². The molecule has 1 aliphatic carbocycles. The van der Waals surface area contributed by atoms with E-state index < -0.39 is 6.10 Å². The van der Waals surface area contributed by atoms with Crippen molar-refractivity contribution in [2.75, 3.05) is 6.54 Å². The fourth-order valence-corrected chi connectivity index (χ4v) is 3.38. The molecule has 0 amide bonds. The summed E-state index contributed by atoms with van der Waals surface area (Å²) in [4.78, 5) is 0. The Hall–Kier alpha value is -1.58. The van der Waals surface area contributed by atoms with E-state index in [-0.39, 0.29) is 5.41 Å². The number of hydrogen-bond acceptors (Lipinski definition) is 3. The molecule has 1 aromatic heterocycles. The van der Waals surface area contributed by atoms with Gasteiger partial charge in [-0.3, -0.25) is 0 Å². The van der Waals surface area contributed by atoms with Crippen molar-refractivity contribution in [2.24, 2.45) is 11.1 Å². The molecule has 0 saturated carbocycles. The summed E-state index contributed by atoms with van der Waals surface area (Å²) in [5.74, 6) is 1.56. The van der Waals surface area contributed by atoms with E-state index in [1.807, 2.05) is 19.1 Å². The Balaban J connectivity index is 1.91. The molecule has 3 nitrogen and oxygen atoms in total. The normalized spacial score (nSPS) is 22.8. The zero-order valence-corrected chi connectivity index (χ0v) is 12.5. The van der Waals surface area contributed by atoms with E-state index in [2.05, 4.69) is 24.3 Å². The van der Waals surface area contributed by atoms with Gasteiger partial charge in [-0.2, -0.15) is 0 Å². The maximum absolute atomic E-state index is 10.9. The molecule has 0 spiro atoms. The summed E-state index contributed by atoms with van der Waals surface area (Å²) in [6.45, 7) is 2.51. The second kappa shape index (κ2) is 5.66. The first-order valence-corrected chi connectivity index (χ1v) is 7.72. The summed E-state index contributed by atoms with van der Waals surface area (Å²) in [7, 11) is 0. The Bertz CT molecular complexity index is 619. The number of nitrogens with two attached hydrogens (primary N) is 1. The summed E-state index contributed by atoms with van der Waals surface area (Å²) in [6, 6.07) is 12.3. The highest BCUT2D eigenvalue weighted by molar-refractivity contribution is 5.32. The summed E-state index contributed by atoms with van der Waals surface area (Å²) in [5.41, 5.74) is 8.43. The maximum Gasteiger partial charge on any atom is 0.133 e. The molecule has 21 heavy (non-hydrogen) atoms. The predicted octanol–water partition coefficient (Wildman–Crippen LogP) is 3.01. The van der Waals surface area contributed by atoms with Crippen molar-refractivity contribution in [2.45, 2.75) is 38.7 Å². The smallest absolute Gasteiger partial charge is 0.133 e. The molecular formula is C18H23NO2. The summed E-state index contributed by atoms with van der Waals surface area (Å²) in [6.07, 6.45) is 2.86. The van der Waals surface area contributed by atoms with E-state index in [1.54, 1.807) is 0 Å². The Morgan fingerprint density at radius 3 is 2.67 bits per heavy atom. The molecule has 0 aliphatic heterocycles. The Morgan fingerprint density at radius 2 is 2.00 bits per heavy atom. The van der Waals surface area contributed by atoms with Crippen molar-refractivity contribution < 1.29 is 9.52 Å². The summed E-state index contributed by atoms with van der Waals surface area (Å²) < 4.78 is 5.76.